The molecule has 2 heterocycles. The van der Waals surface area contributed by atoms with Crippen molar-refractivity contribution in [2.45, 2.75) is 52.7 Å². The van der Waals surface area contributed by atoms with Gasteiger partial charge in [0.1, 0.15) is 29.8 Å². The molecule has 0 radical (unpaired) electrons. The van der Waals surface area contributed by atoms with Crippen LogP contribution in [0.15, 0.2) is 89.5 Å². The van der Waals surface area contributed by atoms with Crippen LogP contribution in [0.4, 0.5) is 8.78 Å². The summed E-state index contributed by atoms with van der Waals surface area (Å²) in [5.41, 5.74) is 5.43. The van der Waals surface area contributed by atoms with E-state index in [1.165, 1.54) is 23.2 Å². The monoisotopic (exact) mass is 567 g/mol. The smallest absolute Gasteiger partial charge is 0.219 e. The van der Waals surface area contributed by atoms with Crippen molar-refractivity contribution >= 4 is 21.9 Å². The minimum absolute atomic E-state index is 0.0335. The second-order valence-corrected chi connectivity index (χ2v) is 11.8. The van der Waals surface area contributed by atoms with E-state index in [2.05, 4.69) is 45.0 Å². The highest BCUT2D eigenvalue weighted by Gasteiger charge is 2.25. The second-order valence-electron chi connectivity index (χ2n) is 11.8. The Bertz CT molecular complexity index is 2210. The van der Waals surface area contributed by atoms with Gasteiger partial charge in [0.15, 0.2) is 6.20 Å². The number of nitrogens with zero attached hydrogens (tertiary/aromatic N) is 1. The number of aromatic nitrogens is 1. The van der Waals surface area contributed by atoms with Gasteiger partial charge in [-0.3, -0.25) is 0 Å². The minimum atomic E-state index is -3.35. The van der Waals surface area contributed by atoms with Crippen LogP contribution >= 0.6 is 0 Å². The van der Waals surface area contributed by atoms with E-state index >= 15 is 8.78 Å². The summed E-state index contributed by atoms with van der Waals surface area (Å²) in [5, 5.41) is 1.29. The van der Waals surface area contributed by atoms with Crippen LogP contribution in [0.2, 0.25) is 0 Å². The summed E-state index contributed by atoms with van der Waals surface area (Å²) in [7, 11) is 1.52. The van der Waals surface area contributed by atoms with Crippen molar-refractivity contribution in [1.82, 2.24) is 0 Å². The van der Waals surface area contributed by atoms with Crippen molar-refractivity contribution in [3.05, 3.63) is 113 Å². The Morgan fingerprint density at radius 3 is 1.95 bits per heavy atom. The van der Waals surface area contributed by atoms with Gasteiger partial charge in [-0.15, -0.1) is 0 Å². The number of furan rings is 1. The molecular weight excluding hydrogens is 524 g/mol. The molecule has 6 rings (SSSR count). The van der Waals surface area contributed by atoms with Gasteiger partial charge in [0.2, 0.25) is 5.69 Å². The van der Waals surface area contributed by atoms with Crippen LogP contribution in [0.3, 0.4) is 0 Å². The first kappa shape index (κ1) is 20.5. The molecule has 0 spiro atoms. The van der Waals surface area contributed by atoms with Gasteiger partial charge in [-0.05, 0) is 58.2 Å². The Hall–Kier alpha value is -4.31. The van der Waals surface area contributed by atoms with E-state index in [4.69, 9.17) is 14.0 Å². The normalized spacial score (nSPS) is 15.5. The third kappa shape index (κ3) is 4.69. The predicted octanol–water partition coefficient (Wildman–Crippen LogP) is 10.4. The van der Waals surface area contributed by atoms with Gasteiger partial charge in [0.25, 0.3) is 0 Å². The minimum Gasteiger partial charge on any atom is -0.454 e. The molecule has 0 amide bonds. The van der Waals surface area contributed by atoms with Crippen molar-refractivity contribution in [3.8, 4) is 33.5 Å². The maximum absolute atomic E-state index is 15.9. The molecule has 0 unspecified atom stereocenters. The Morgan fingerprint density at radius 1 is 0.762 bits per heavy atom. The summed E-state index contributed by atoms with van der Waals surface area (Å²) in [4.78, 5) is 0. The standard InChI is InChI=1S/C38H36F2NO/c1-22(2)30-21-41(7)33(20-32(30)40)34-23(3)8-17-28-29-18-19-31(39)35(37(29)42-36(28)34)26-11-9-24(10-12-26)25-13-15-27(16-14-25)38(4,5)6/h8-22H,1-7H3/q+1/i1D3,2D3,22D. The molecule has 0 bridgehead atoms. The molecule has 0 aliphatic heterocycles. The number of benzene rings is 4. The number of pyridine rings is 1. The number of hydrogen-bond donors (Lipinski definition) is 0. The fourth-order valence-electron chi connectivity index (χ4n) is 5.61. The lowest BCUT2D eigenvalue weighted by Gasteiger charge is -2.19. The van der Waals surface area contributed by atoms with Gasteiger partial charge in [0, 0.05) is 26.4 Å². The average Bonchev–Trinajstić information content (AvgIpc) is 3.38. The van der Waals surface area contributed by atoms with E-state index in [-0.39, 0.29) is 16.7 Å². The molecule has 0 atom stereocenters. The van der Waals surface area contributed by atoms with Crippen LogP contribution in [0.5, 0.6) is 0 Å². The fraction of sp³-hybridized carbons (Fsp3) is 0.237. The van der Waals surface area contributed by atoms with Crippen molar-refractivity contribution in [3.63, 3.8) is 0 Å². The molecule has 212 valence electrons. The van der Waals surface area contributed by atoms with Crippen LogP contribution in [-0.4, -0.2) is 0 Å². The molecule has 0 aliphatic rings. The number of hydrogen-bond acceptors (Lipinski definition) is 1. The van der Waals surface area contributed by atoms with E-state index in [0.29, 0.717) is 38.6 Å². The van der Waals surface area contributed by atoms with Gasteiger partial charge in [0.05, 0.1) is 16.7 Å². The number of halogens is 2. The van der Waals surface area contributed by atoms with Crippen molar-refractivity contribution in [2.24, 2.45) is 7.05 Å². The highest BCUT2D eigenvalue weighted by atomic mass is 19.1. The molecule has 6 aromatic rings. The highest BCUT2D eigenvalue weighted by Crippen LogP contribution is 2.42. The van der Waals surface area contributed by atoms with E-state index in [9.17, 15) is 0 Å². The zero-order chi connectivity index (χ0) is 35.8. The van der Waals surface area contributed by atoms with Crippen molar-refractivity contribution < 1.29 is 27.4 Å². The summed E-state index contributed by atoms with van der Waals surface area (Å²) in [6, 6.07) is 23.7. The molecule has 42 heavy (non-hydrogen) atoms. The number of aryl methyl sites for hydroxylation is 2. The zero-order valence-corrected chi connectivity index (χ0v) is 24.2. The fourth-order valence-corrected chi connectivity index (χ4v) is 5.61. The lowest BCUT2D eigenvalue weighted by Crippen LogP contribution is -2.32. The van der Waals surface area contributed by atoms with Gasteiger partial charge >= 0.3 is 0 Å². The first-order valence-corrected chi connectivity index (χ1v) is 13.8. The predicted molar refractivity (Wildman–Crippen MR) is 169 cm³/mol. The second kappa shape index (κ2) is 10.2. The largest absolute Gasteiger partial charge is 0.454 e. The summed E-state index contributed by atoms with van der Waals surface area (Å²) in [5.74, 6) is -4.84. The Morgan fingerprint density at radius 2 is 1.33 bits per heavy atom. The van der Waals surface area contributed by atoms with E-state index in [1.807, 2.05) is 36.4 Å². The first-order chi connectivity index (χ1) is 22.7. The Balaban J connectivity index is 1.49. The molecular formula is C38H36F2NO+. The van der Waals surface area contributed by atoms with Gasteiger partial charge < -0.3 is 4.42 Å². The van der Waals surface area contributed by atoms with E-state index in [1.54, 1.807) is 13.0 Å². The van der Waals surface area contributed by atoms with Crippen LogP contribution in [0.25, 0.3) is 55.4 Å². The first-order valence-electron chi connectivity index (χ1n) is 17.3. The molecule has 4 heteroatoms. The van der Waals surface area contributed by atoms with Gasteiger partial charge in [-0.2, -0.15) is 0 Å². The van der Waals surface area contributed by atoms with Crippen LogP contribution < -0.4 is 4.57 Å². The van der Waals surface area contributed by atoms with Crippen molar-refractivity contribution in [2.75, 3.05) is 0 Å². The third-order valence-corrected chi connectivity index (χ3v) is 7.97. The lowest BCUT2D eigenvalue weighted by atomic mass is 9.86. The maximum atomic E-state index is 15.9. The molecule has 2 aromatic heterocycles. The van der Waals surface area contributed by atoms with Crippen LogP contribution in [0, 0.1) is 18.6 Å². The number of rotatable bonds is 4. The molecule has 0 fully saturated rings. The molecule has 0 saturated carbocycles. The van der Waals surface area contributed by atoms with Crippen molar-refractivity contribution in [1.29, 1.82) is 0 Å². The topological polar surface area (TPSA) is 17.0 Å². The molecule has 0 aliphatic carbocycles. The maximum Gasteiger partial charge on any atom is 0.219 e. The summed E-state index contributed by atoms with van der Waals surface area (Å²) < 4.78 is 94.8. The third-order valence-electron chi connectivity index (χ3n) is 7.97. The molecule has 0 saturated heterocycles. The average molecular weight is 568 g/mol. The lowest BCUT2D eigenvalue weighted by molar-refractivity contribution is -0.661. The Kier molecular flexibility index (Phi) is 4.99. The summed E-state index contributed by atoms with van der Waals surface area (Å²) in [6.07, 6.45) is 1.04. The zero-order valence-electron chi connectivity index (χ0n) is 31.2. The summed E-state index contributed by atoms with van der Waals surface area (Å²) in [6.45, 7) is 1.58. The van der Waals surface area contributed by atoms with Crippen LogP contribution in [0.1, 0.15) is 66.7 Å². The summed E-state index contributed by atoms with van der Waals surface area (Å²) >= 11 is 0. The van der Waals surface area contributed by atoms with E-state index in [0.717, 1.165) is 23.4 Å². The number of fused-ring (bicyclic) bond motifs is 3. The van der Waals surface area contributed by atoms with Gasteiger partial charge in [-0.1, -0.05) is 95.1 Å². The Labute approximate surface area is 256 Å². The molecule has 4 aromatic carbocycles. The quantitative estimate of drug-likeness (QED) is 0.194. The molecule has 2 nitrogen and oxygen atoms in total. The SMILES string of the molecule is [2H]C([2H])([2H])C([2H])(c1c[n+](C)c(-c2c(C)ccc3c2oc2c(-c4ccc(-c5ccc(C(C)(C)C)cc5)cc4)c(F)ccc23)cc1F)C([2H])([2H])[2H]. The van der Waals surface area contributed by atoms with Crippen LogP contribution in [-0.2, 0) is 12.5 Å². The molecule has 0 N–H and O–H groups in total. The van der Waals surface area contributed by atoms with Gasteiger partial charge in [-0.25, -0.2) is 13.3 Å². The highest BCUT2D eigenvalue weighted by molar-refractivity contribution is 6.13. The van der Waals surface area contributed by atoms with E-state index < -0.39 is 36.8 Å².